The van der Waals surface area contributed by atoms with Crippen LogP contribution in [0.3, 0.4) is 0 Å². The summed E-state index contributed by atoms with van der Waals surface area (Å²) in [5.74, 6) is -0.384. The molecule has 0 saturated carbocycles. The highest BCUT2D eigenvalue weighted by Crippen LogP contribution is 2.40. The van der Waals surface area contributed by atoms with Crippen molar-refractivity contribution in [3.05, 3.63) is 78.9 Å². The predicted octanol–water partition coefficient (Wildman–Crippen LogP) is 6.03. The molecule has 170 valence electrons. The van der Waals surface area contributed by atoms with Crippen molar-refractivity contribution in [1.82, 2.24) is 4.98 Å². The van der Waals surface area contributed by atoms with Crippen LogP contribution in [0.1, 0.15) is 32.8 Å². The Labute approximate surface area is 215 Å². The minimum Gasteiger partial charge on any atom is -0.436 e. The number of fused-ring (bicyclic) bond motifs is 2. The van der Waals surface area contributed by atoms with Crippen molar-refractivity contribution < 1.29 is 18.0 Å². The molecule has 0 aliphatic heterocycles. The van der Waals surface area contributed by atoms with Crippen LogP contribution in [0, 0.1) is 45.9 Å². The topological polar surface area (TPSA) is 104 Å². The first-order valence-corrected chi connectivity index (χ1v) is 12.0. The molecule has 9 heteroatoms. The molecule has 0 amide bonds. The smallest absolute Gasteiger partial charge is 0.266 e. The third kappa shape index (κ3) is 3.53. The third-order valence-corrected chi connectivity index (χ3v) is 8.44. The predicted molar refractivity (Wildman–Crippen MR) is 140 cm³/mol. The molecule has 2 aromatic carbocycles. The number of hydrogen-bond donors (Lipinski definition) is 0. The van der Waals surface area contributed by atoms with Crippen molar-refractivity contribution in [2.75, 3.05) is 0 Å². The van der Waals surface area contributed by atoms with Crippen LogP contribution in [0.4, 0.5) is 4.39 Å². The number of aromatic nitrogens is 1. The third-order valence-electron chi connectivity index (χ3n) is 6.01. The lowest BCUT2D eigenvalue weighted by Gasteiger charge is -2.12. The Hall–Kier alpha value is -3.59. The highest BCUT2D eigenvalue weighted by molar-refractivity contribution is 14.1. The van der Waals surface area contributed by atoms with Crippen LogP contribution >= 0.6 is 31.8 Å². The summed E-state index contributed by atoms with van der Waals surface area (Å²) in [5.41, 5.74) is 3.20. The maximum Gasteiger partial charge on any atom is 0.266 e. The molecular formula is C26H14FIN3O3P. The van der Waals surface area contributed by atoms with Crippen molar-refractivity contribution >= 4 is 65.9 Å². The second-order valence-electron chi connectivity index (χ2n) is 7.91. The van der Waals surface area contributed by atoms with Crippen molar-refractivity contribution in [3.63, 3.8) is 0 Å². The minimum absolute atomic E-state index is 0.0906. The molecule has 4 aromatic rings. The van der Waals surface area contributed by atoms with E-state index in [0.717, 1.165) is 10.9 Å². The SMILES string of the molecule is Cc1c(C)c(P)c(I)c(-c2nc3oc(/C=C4\C(=O)c5ccccc5C4=C(C#N)C#N)cc3o2)c1F. The van der Waals surface area contributed by atoms with Gasteiger partial charge < -0.3 is 8.83 Å². The zero-order valence-electron chi connectivity index (χ0n) is 18.4. The fraction of sp³-hybridized carbons (Fsp3) is 0.0769. The molecule has 0 bridgehead atoms. The van der Waals surface area contributed by atoms with Gasteiger partial charge in [-0.3, -0.25) is 4.79 Å². The molecule has 0 spiro atoms. The number of nitriles is 2. The van der Waals surface area contributed by atoms with Gasteiger partial charge in [0.25, 0.3) is 5.71 Å². The number of halogens is 2. The second-order valence-corrected chi connectivity index (χ2v) is 9.57. The lowest BCUT2D eigenvalue weighted by molar-refractivity contribution is 0.104. The van der Waals surface area contributed by atoms with Crippen molar-refractivity contribution in [3.8, 4) is 23.6 Å². The van der Waals surface area contributed by atoms with Gasteiger partial charge in [0, 0.05) is 26.3 Å². The van der Waals surface area contributed by atoms with E-state index in [1.54, 1.807) is 37.3 Å². The van der Waals surface area contributed by atoms with E-state index in [0.29, 0.717) is 20.3 Å². The fourth-order valence-corrected chi connectivity index (χ4v) is 5.29. The largest absolute Gasteiger partial charge is 0.436 e. The molecule has 1 aliphatic carbocycles. The van der Waals surface area contributed by atoms with E-state index in [-0.39, 0.29) is 51.0 Å². The summed E-state index contributed by atoms with van der Waals surface area (Å²) in [6.45, 7) is 3.55. The number of carbonyl (C=O) groups excluding carboxylic acids is 1. The van der Waals surface area contributed by atoms with Gasteiger partial charge in [0.05, 0.1) is 5.56 Å². The van der Waals surface area contributed by atoms with Gasteiger partial charge in [-0.15, -0.1) is 9.24 Å². The van der Waals surface area contributed by atoms with Crippen LogP contribution < -0.4 is 5.30 Å². The molecule has 1 unspecified atom stereocenters. The van der Waals surface area contributed by atoms with Crippen LogP contribution in [-0.4, -0.2) is 10.8 Å². The molecule has 35 heavy (non-hydrogen) atoms. The summed E-state index contributed by atoms with van der Waals surface area (Å²) >= 11 is 2.06. The Morgan fingerprint density at radius 2 is 1.83 bits per heavy atom. The number of ketones is 1. The van der Waals surface area contributed by atoms with Crippen LogP contribution in [0.5, 0.6) is 0 Å². The molecular weight excluding hydrogens is 579 g/mol. The molecule has 0 radical (unpaired) electrons. The molecule has 2 aromatic heterocycles. The number of hydrogen-bond acceptors (Lipinski definition) is 6. The Balaban J connectivity index is 1.63. The van der Waals surface area contributed by atoms with Crippen LogP contribution in [0.15, 0.2) is 50.3 Å². The van der Waals surface area contributed by atoms with Crippen LogP contribution in [0.25, 0.3) is 34.4 Å². The standard InChI is InChI=1S/C26H14FIN3O3P/c1-11-12(2)24(35)22(28)20(21(11)27)26-31-25-18(34-26)8-14(33-25)7-17-19(13(9-29)10-30)15-5-3-4-6-16(15)23(17)32/h3-8H,35H2,1-2H3/b17-7-. The highest BCUT2D eigenvalue weighted by atomic mass is 127. The number of furan rings is 1. The van der Waals surface area contributed by atoms with Gasteiger partial charge in [0.2, 0.25) is 5.89 Å². The number of nitrogens with zero attached hydrogens (tertiary/aromatic N) is 3. The monoisotopic (exact) mass is 593 g/mol. The van der Waals surface area contributed by atoms with Gasteiger partial charge >= 0.3 is 0 Å². The number of Topliss-reactive ketones (excluding diaryl/α,β-unsaturated/α-hetero) is 1. The summed E-state index contributed by atoms with van der Waals surface area (Å²) in [6, 6.07) is 12.1. The molecule has 1 atom stereocenters. The minimum atomic E-state index is -0.408. The highest BCUT2D eigenvalue weighted by Gasteiger charge is 2.32. The number of allylic oxidation sites excluding steroid dienone is 3. The van der Waals surface area contributed by atoms with Crippen LogP contribution in [0.2, 0.25) is 0 Å². The number of oxazole rings is 1. The number of rotatable bonds is 2. The average Bonchev–Trinajstić information content (AvgIpc) is 3.49. The van der Waals surface area contributed by atoms with Gasteiger partial charge in [0.1, 0.15) is 29.3 Å². The van der Waals surface area contributed by atoms with Crippen LogP contribution in [-0.2, 0) is 0 Å². The lowest BCUT2D eigenvalue weighted by Crippen LogP contribution is -2.10. The van der Waals surface area contributed by atoms with Gasteiger partial charge in [0.15, 0.2) is 11.4 Å². The van der Waals surface area contributed by atoms with E-state index in [4.69, 9.17) is 8.83 Å². The summed E-state index contributed by atoms with van der Waals surface area (Å²) in [4.78, 5) is 17.4. The molecule has 2 heterocycles. The number of benzene rings is 2. The molecule has 6 nitrogen and oxygen atoms in total. The maximum atomic E-state index is 15.1. The van der Waals surface area contributed by atoms with E-state index in [2.05, 4.69) is 36.8 Å². The average molecular weight is 593 g/mol. The first-order chi connectivity index (χ1) is 16.8. The zero-order valence-corrected chi connectivity index (χ0v) is 21.7. The van der Waals surface area contributed by atoms with Gasteiger partial charge in [-0.25, -0.2) is 4.39 Å². The Bertz CT molecular complexity index is 1670. The van der Waals surface area contributed by atoms with E-state index >= 15 is 4.39 Å². The molecule has 0 fully saturated rings. The summed E-state index contributed by atoms with van der Waals surface area (Å²) in [5, 5.41) is 19.8. The van der Waals surface area contributed by atoms with Crippen molar-refractivity contribution in [2.24, 2.45) is 0 Å². The maximum absolute atomic E-state index is 15.1. The summed E-state index contributed by atoms with van der Waals surface area (Å²) in [7, 11) is 2.62. The van der Waals surface area contributed by atoms with E-state index < -0.39 is 5.82 Å². The summed E-state index contributed by atoms with van der Waals surface area (Å²) < 4.78 is 27.4. The van der Waals surface area contributed by atoms with E-state index in [1.807, 2.05) is 19.1 Å². The Kier molecular flexibility index (Phi) is 5.67. The second kappa shape index (κ2) is 8.57. The normalized spacial score (nSPS) is 13.9. The Morgan fingerprint density at radius 3 is 2.49 bits per heavy atom. The van der Waals surface area contributed by atoms with Crippen molar-refractivity contribution in [2.45, 2.75) is 13.8 Å². The van der Waals surface area contributed by atoms with Gasteiger partial charge in [-0.2, -0.15) is 15.5 Å². The molecule has 5 rings (SSSR count). The zero-order chi connectivity index (χ0) is 25.0. The molecule has 0 saturated heterocycles. The van der Waals surface area contributed by atoms with E-state index in [9.17, 15) is 15.3 Å². The Morgan fingerprint density at radius 1 is 1.14 bits per heavy atom. The van der Waals surface area contributed by atoms with E-state index in [1.165, 1.54) is 6.08 Å². The molecule has 1 aliphatic rings. The molecule has 0 N–H and O–H groups in total. The first-order valence-electron chi connectivity index (χ1n) is 10.3. The number of carbonyl (C=O) groups is 1. The summed E-state index contributed by atoms with van der Waals surface area (Å²) in [6.07, 6.45) is 1.46. The van der Waals surface area contributed by atoms with Gasteiger partial charge in [-0.1, -0.05) is 24.3 Å². The fourth-order valence-electron chi connectivity index (χ4n) is 4.06. The lowest BCUT2D eigenvalue weighted by atomic mass is 9.99. The quantitative estimate of drug-likeness (QED) is 0.122. The first kappa shape index (κ1) is 23.2. The van der Waals surface area contributed by atoms with Crippen molar-refractivity contribution in [1.29, 1.82) is 10.5 Å². The van der Waals surface area contributed by atoms with Gasteiger partial charge in [-0.05, 0) is 64.5 Å².